The van der Waals surface area contributed by atoms with E-state index in [0.29, 0.717) is 12.8 Å². The lowest BCUT2D eigenvalue weighted by molar-refractivity contribution is -0.155. The van der Waals surface area contributed by atoms with Gasteiger partial charge >= 0.3 is 18.0 Å². The number of hydrogen-bond acceptors (Lipinski definition) is 6. The van der Waals surface area contributed by atoms with E-state index >= 15 is 0 Å². The maximum atomic E-state index is 11.7. The lowest BCUT2D eigenvalue weighted by atomic mass is 9.91. The Morgan fingerprint density at radius 2 is 1.17 bits per heavy atom. The van der Waals surface area contributed by atoms with Crippen molar-refractivity contribution >= 4 is 18.0 Å². The van der Waals surface area contributed by atoms with Crippen molar-refractivity contribution in [3.8, 4) is 0 Å². The molecule has 0 aliphatic heterocycles. The monoisotopic (exact) mass is 345 g/mol. The first-order valence-electron chi connectivity index (χ1n) is 8.32. The average molecular weight is 345 g/mol. The third kappa shape index (κ3) is 8.17. The minimum absolute atomic E-state index is 0.00928. The standard InChI is InChI=1S/C17H31NO6/c1-7-16(3,4)13(19)22-10-9-18-15(21)24-12-11-23-14(20)17(5,6)8-2/h7-12H2,1-6H3,(H,18,21). The quantitative estimate of drug-likeness (QED) is 0.372. The summed E-state index contributed by atoms with van der Waals surface area (Å²) in [6, 6.07) is 0. The number of hydrogen-bond donors (Lipinski definition) is 1. The normalized spacial score (nSPS) is 11.6. The Bertz CT molecular complexity index is 393. The second-order valence-electron chi connectivity index (χ2n) is 6.81. The third-order valence-corrected chi connectivity index (χ3v) is 4.03. The van der Waals surface area contributed by atoms with Crippen LogP contribution in [0.5, 0.6) is 0 Å². The van der Waals surface area contributed by atoms with Crippen LogP contribution >= 0.6 is 0 Å². The smallest absolute Gasteiger partial charge is 0.407 e. The molecule has 0 unspecified atom stereocenters. The van der Waals surface area contributed by atoms with Crippen molar-refractivity contribution in [3.63, 3.8) is 0 Å². The zero-order valence-electron chi connectivity index (χ0n) is 15.7. The molecule has 0 radical (unpaired) electrons. The van der Waals surface area contributed by atoms with Crippen LogP contribution in [0.15, 0.2) is 0 Å². The largest absolute Gasteiger partial charge is 0.463 e. The van der Waals surface area contributed by atoms with E-state index in [4.69, 9.17) is 14.2 Å². The molecule has 1 amide bonds. The summed E-state index contributed by atoms with van der Waals surface area (Å²) in [5, 5.41) is 2.46. The van der Waals surface area contributed by atoms with Crippen LogP contribution in [-0.2, 0) is 23.8 Å². The van der Waals surface area contributed by atoms with E-state index in [1.807, 2.05) is 13.8 Å². The predicted molar refractivity (Wildman–Crippen MR) is 89.4 cm³/mol. The first kappa shape index (κ1) is 22.2. The maximum absolute atomic E-state index is 11.7. The van der Waals surface area contributed by atoms with Gasteiger partial charge in [-0.3, -0.25) is 9.59 Å². The van der Waals surface area contributed by atoms with Crippen LogP contribution in [-0.4, -0.2) is 44.4 Å². The molecule has 0 aromatic carbocycles. The van der Waals surface area contributed by atoms with E-state index in [0.717, 1.165) is 0 Å². The molecule has 0 aromatic heterocycles. The molecule has 140 valence electrons. The number of carbonyl (C=O) groups excluding carboxylic acids is 3. The molecule has 0 bridgehead atoms. The molecule has 0 atom stereocenters. The van der Waals surface area contributed by atoms with Gasteiger partial charge in [-0.2, -0.15) is 0 Å². The Kier molecular flexibility index (Phi) is 9.40. The Hall–Kier alpha value is -1.79. The molecule has 0 aromatic rings. The Labute approximate surface area is 144 Å². The summed E-state index contributed by atoms with van der Waals surface area (Å²) < 4.78 is 15.0. The van der Waals surface area contributed by atoms with E-state index < -0.39 is 16.9 Å². The molecular weight excluding hydrogens is 314 g/mol. The van der Waals surface area contributed by atoms with Crippen molar-refractivity contribution in [1.29, 1.82) is 0 Å². The number of amides is 1. The van der Waals surface area contributed by atoms with Crippen LogP contribution in [0.1, 0.15) is 54.4 Å². The molecule has 0 aliphatic carbocycles. The summed E-state index contributed by atoms with van der Waals surface area (Å²) in [6.45, 7) is 11.2. The minimum atomic E-state index is -0.647. The molecule has 0 fully saturated rings. The van der Waals surface area contributed by atoms with Gasteiger partial charge in [0, 0.05) is 0 Å². The molecule has 0 saturated heterocycles. The molecule has 0 heterocycles. The summed E-state index contributed by atoms with van der Waals surface area (Å²) in [7, 11) is 0. The minimum Gasteiger partial charge on any atom is -0.463 e. The van der Waals surface area contributed by atoms with Crippen LogP contribution in [0.2, 0.25) is 0 Å². The van der Waals surface area contributed by atoms with Gasteiger partial charge in [0.1, 0.15) is 19.8 Å². The van der Waals surface area contributed by atoms with Crippen molar-refractivity contribution < 1.29 is 28.6 Å². The molecule has 7 heteroatoms. The van der Waals surface area contributed by atoms with Crippen molar-refractivity contribution in [2.45, 2.75) is 54.4 Å². The van der Waals surface area contributed by atoms with Gasteiger partial charge in [0.2, 0.25) is 0 Å². The summed E-state index contributed by atoms with van der Waals surface area (Å²) in [5.74, 6) is -0.620. The number of ether oxygens (including phenoxy) is 3. The Morgan fingerprint density at radius 1 is 0.750 bits per heavy atom. The fraction of sp³-hybridized carbons (Fsp3) is 0.824. The van der Waals surface area contributed by atoms with Crippen LogP contribution in [0.25, 0.3) is 0 Å². The summed E-state index contributed by atoms with van der Waals surface area (Å²) >= 11 is 0. The average Bonchev–Trinajstić information content (AvgIpc) is 2.54. The second kappa shape index (κ2) is 10.2. The Morgan fingerprint density at radius 3 is 1.62 bits per heavy atom. The molecule has 7 nitrogen and oxygen atoms in total. The van der Waals surface area contributed by atoms with Gasteiger partial charge in [-0.15, -0.1) is 0 Å². The van der Waals surface area contributed by atoms with Gasteiger partial charge < -0.3 is 19.5 Å². The van der Waals surface area contributed by atoms with Gasteiger partial charge in [-0.25, -0.2) is 4.79 Å². The maximum Gasteiger partial charge on any atom is 0.407 e. The van der Waals surface area contributed by atoms with E-state index in [-0.39, 0.29) is 38.3 Å². The predicted octanol–water partition coefficient (Wildman–Crippen LogP) is 2.67. The van der Waals surface area contributed by atoms with E-state index in [1.54, 1.807) is 27.7 Å². The number of esters is 2. The fourth-order valence-electron chi connectivity index (χ4n) is 1.30. The molecular formula is C17H31NO6. The van der Waals surface area contributed by atoms with E-state index in [9.17, 15) is 14.4 Å². The molecule has 0 spiro atoms. The number of rotatable bonds is 10. The lowest BCUT2D eigenvalue weighted by Crippen LogP contribution is -2.32. The summed E-state index contributed by atoms with van der Waals surface area (Å²) in [5.41, 5.74) is -1.07. The number of alkyl carbamates (subject to hydrolysis) is 1. The van der Waals surface area contributed by atoms with Crippen molar-refractivity contribution in [3.05, 3.63) is 0 Å². The van der Waals surface area contributed by atoms with Gasteiger partial charge in [-0.05, 0) is 40.5 Å². The summed E-state index contributed by atoms with van der Waals surface area (Å²) in [6.07, 6.45) is 0.696. The molecule has 1 N–H and O–H groups in total. The van der Waals surface area contributed by atoms with Crippen LogP contribution in [0.3, 0.4) is 0 Å². The SMILES string of the molecule is CCC(C)(C)C(=O)OCCNC(=O)OCCOC(=O)C(C)(C)CC. The van der Waals surface area contributed by atoms with Crippen molar-refractivity contribution in [1.82, 2.24) is 5.32 Å². The van der Waals surface area contributed by atoms with Crippen LogP contribution in [0, 0.1) is 10.8 Å². The molecule has 24 heavy (non-hydrogen) atoms. The highest BCUT2D eigenvalue weighted by Crippen LogP contribution is 2.21. The first-order valence-corrected chi connectivity index (χ1v) is 8.32. The van der Waals surface area contributed by atoms with E-state index in [2.05, 4.69) is 5.32 Å². The lowest BCUT2D eigenvalue weighted by Gasteiger charge is -2.20. The topological polar surface area (TPSA) is 90.9 Å². The Balaban J connectivity index is 3.79. The van der Waals surface area contributed by atoms with Crippen LogP contribution < -0.4 is 5.32 Å². The second-order valence-corrected chi connectivity index (χ2v) is 6.81. The molecule has 0 aliphatic rings. The van der Waals surface area contributed by atoms with Gasteiger partial charge in [0.15, 0.2) is 0 Å². The molecule has 0 rings (SSSR count). The number of carbonyl (C=O) groups is 3. The summed E-state index contributed by atoms with van der Waals surface area (Å²) in [4.78, 5) is 34.8. The highest BCUT2D eigenvalue weighted by atomic mass is 16.6. The van der Waals surface area contributed by atoms with Gasteiger partial charge in [0.25, 0.3) is 0 Å². The van der Waals surface area contributed by atoms with Crippen molar-refractivity contribution in [2.75, 3.05) is 26.4 Å². The van der Waals surface area contributed by atoms with Gasteiger partial charge in [-0.1, -0.05) is 13.8 Å². The van der Waals surface area contributed by atoms with Crippen molar-refractivity contribution in [2.24, 2.45) is 10.8 Å². The zero-order valence-corrected chi connectivity index (χ0v) is 15.7. The highest BCUT2D eigenvalue weighted by Gasteiger charge is 2.27. The zero-order chi connectivity index (χ0) is 18.8. The highest BCUT2D eigenvalue weighted by molar-refractivity contribution is 5.76. The fourth-order valence-corrected chi connectivity index (χ4v) is 1.30. The van der Waals surface area contributed by atoms with Crippen LogP contribution in [0.4, 0.5) is 4.79 Å². The van der Waals surface area contributed by atoms with Gasteiger partial charge in [0.05, 0.1) is 17.4 Å². The first-order chi connectivity index (χ1) is 11.1. The third-order valence-electron chi connectivity index (χ3n) is 4.03. The van der Waals surface area contributed by atoms with E-state index in [1.165, 1.54) is 0 Å². The molecule has 0 saturated carbocycles. The number of nitrogens with one attached hydrogen (secondary N) is 1.